The molecule has 0 aliphatic rings. The number of pyridine rings is 1. The van der Waals surface area contributed by atoms with E-state index in [1.54, 1.807) is 0 Å². The summed E-state index contributed by atoms with van der Waals surface area (Å²) in [5.74, 6) is 0. The molecule has 2 rings (SSSR count). The molecule has 2 aromatic rings. The average molecular weight is 229 g/mol. The zero-order valence-electron chi connectivity index (χ0n) is 10.4. The fourth-order valence-electron chi connectivity index (χ4n) is 1.81. The van der Waals surface area contributed by atoms with Gasteiger partial charge in [-0.2, -0.15) is 0 Å². The number of nitrogens with one attached hydrogen (secondary N) is 1. The predicted molar refractivity (Wildman–Crippen MR) is 69.8 cm³/mol. The third kappa shape index (κ3) is 3.17. The Balaban J connectivity index is 1.94. The molecular formula is C14H19N3. The number of hydrogen-bond acceptors (Lipinski definition) is 2. The van der Waals surface area contributed by atoms with Crippen molar-refractivity contribution in [1.82, 2.24) is 14.9 Å². The largest absolute Gasteiger partial charge is 0.354 e. The third-order valence-electron chi connectivity index (χ3n) is 3.06. The molecule has 1 unspecified atom stereocenters. The van der Waals surface area contributed by atoms with Crippen LogP contribution in [0.15, 0.2) is 42.9 Å². The molecule has 0 aliphatic carbocycles. The van der Waals surface area contributed by atoms with Crippen LogP contribution in [0, 0.1) is 0 Å². The van der Waals surface area contributed by atoms with Crippen molar-refractivity contribution in [2.24, 2.45) is 0 Å². The standard InChI is InChI=1S/C14H19N3/c1-12(15-2)13-6-9-17(11-13)10-7-14-5-3-4-8-16-14/h3-6,8-9,11-12,15H,7,10H2,1-2H3. The number of rotatable bonds is 5. The zero-order valence-corrected chi connectivity index (χ0v) is 10.4. The van der Waals surface area contributed by atoms with Crippen LogP contribution in [-0.4, -0.2) is 16.6 Å². The van der Waals surface area contributed by atoms with Gasteiger partial charge in [-0.15, -0.1) is 0 Å². The van der Waals surface area contributed by atoms with Gasteiger partial charge in [0, 0.05) is 43.3 Å². The van der Waals surface area contributed by atoms with Gasteiger partial charge >= 0.3 is 0 Å². The molecule has 0 aromatic carbocycles. The van der Waals surface area contributed by atoms with Crippen molar-refractivity contribution in [1.29, 1.82) is 0 Å². The molecule has 2 aromatic heterocycles. The van der Waals surface area contributed by atoms with Gasteiger partial charge in [0.2, 0.25) is 0 Å². The zero-order chi connectivity index (χ0) is 12.1. The summed E-state index contributed by atoms with van der Waals surface area (Å²) in [5.41, 5.74) is 2.47. The van der Waals surface area contributed by atoms with Gasteiger partial charge in [0.25, 0.3) is 0 Å². The van der Waals surface area contributed by atoms with Crippen molar-refractivity contribution in [3.8, 4) is 0 Å². The maximum atomic E-state index is 4.33. The van der Waals surface area contributed by atoms with Crippen molar-refractivity contribution in [3.05, 3.63) is 54.1 Å². The summed E-state index contributed by atoms with van der Waals surface area (Å²) in [6.45, 7) is 3.14. The Bertz CT molecular complexity index is 448. The molecule has 3 heteroatoms. The van der Waals surface area contributed by atoms with Crippen LogP contribution in [0.4, 0.5) is 0 Å². The van der Waals surface area contributed by atoms with Crippen LogP contribution in [0.3, 0.4) is 0 Å². The van der Waals surface area contributed by atoms with E-state index in [-0.39, 0.29) is 0 Å². The number of nitrogens with zero attached hydrogens (tertiary/aromatic N) is 2. The lowest BCUT2D eigenvalue weighted by Crippen LogP contribution is -2.11. The Morgan fingerprint density at radius 3 is 2.94 bits per heavy atom. The van der Waals surface area contributed by atoms with Gasteiger partial charge in [-0.3, -0.25) is 4.98 Å². The van der Waals surface area contributed by atoms with Gasteiger partial charge in [0.1, 0.15) is 0 Å². The highest BCUT2D eigenvalue weighted by Gasteiger charge is 2.04. The quantitative estimate of drug-likeness (QED) is 0.853. The number of aryl methyl sites for hydroxylation is 2. The highest BCUT2D eigenvalue weighted by Crippen LogP contribution is 2.12. The second-order valence-electron chi connectivity index (χ2n) is 4.26. The van der Waals surface area contributed by atoms with E-state index in [1.807, 2.05) is 25.4 Å². The maximum absolute atomic E-state index is 4.33. The number of hydrogen-bond donors (Lipinski definition) is 1. The molecule has 2 heterocycles. The van der Waals surface area contributed by atoms with Gasteiger partial charge < -0.3 is 9.88 Å². The summed E-state index contributed by atoms with van der Waals surface area (Å²) in [6.07, 6.45) is 7.15. The molecule has 3 nitrogen and oxygen atoms in total. The van der Waals surface area contributed by atoms with E-state index in [0.717, 1.165) is 18.7 Å². The summed E-state index contributed by atoms with van der Waals surface area (Å²) in [6, 6.07) is 8.63. The lowest BCUT2D eigenvalue weighted by Gasteiger charge is -2.07. The number of aromatic nitrogens is 2. The van der Waals surface area contributed by atoms with E-state index >= 15 is 0 Å². The fourth-order valence-corrected chi connectivity index (χ4v) is 1.81. The second kappa shape index (κ2) is 5.64. The van der Waals surface area contributed by atoms with Gasteiger partial charge in [0.05, 0.1) is 0 Å². The first kappa shape index (κ1) is 11.9. The van der Waals surface area contributed by atoms with Gasteiger partial charge in [-0.25, -0.2) is 0 Å². The lowest BCUT2D eigenvalue weighted by molar-refractivity contribution is 0.641. The predicted octanol–water partition coefficient (Wildman–Crippen LogP) is 2.41. The van der Waals surface area contributed by atoms with Crippen LogP contribution in [-0.2, 0) is 13.0 Å². The SMILES string of the molecule is CNC(C)c1ccn(CCc2ccccn2)c1. The van der Waals surface area contributed by atoms with Crippen molar-refractivity contribution in [2.45, 2.75) is 25.9 Å². The molecule has 17 heavy (non-hydrogen) atoms. The molecule has 0 radical (unpaired) electrons. The molecule has 1 atom stereocenters. The highest BCUT2D eigenvalue weighted by molar-refractivity contribution is 5.14. The highest BCUT2D eigenvalue weighted by atomic mass is 14.9. The molecule has 0 saturated heterocycles. The summed E-state index contributed by atoms with van der Waals surface area (Å²) in [5, 5.41) is 3.24. The van der Waals surface area contributed by atoms with E-state index in [1.165, 1.54) is 5.56 Å². The minimum atomic E-state index is 0.408. The van der Waals surface area contributed by atoms with E-state index in [2.05, 4.69) is 46.3 Å². The van der Waals surface area contributed by atoms with E-state index in [4.69, 9.17) is 0 Å². The molecule has 0 spiro atoms. The van der Waals surface area contributed by atoms with Gasteiger partial charge in [0.15, 0.2) is 0 Å². The summed E-state index contributed by atoms with van der Waals surface area (Å²) in [7, 11) is 1.98. The molecular weight excluding hydrogens is 210 g/mol. The molecule has 0 bridgehead atoms. The smallest absolute Gasteiger partial charge is 0.0421 e. The second-order valence-corrected chi connectivity index (χ2v) is 4.26. The van der Waals surface area contributed by atoms with E-state index in [0.29, 0.717) is 6.04 Å². The van der Waals surface area contributed by atoms with Gasteiger partial charge in [-0.05, 0) is 37.7 Å². The van der Waals surface area contributed by atoms with Crippen molar-refractivity contribution in [2.75, 3.05) is 7.05 Å². The maximum Gasteiger partial charge on any atom is 0.0421 e. The first-order chi connectivity index (χ1) is 8.29. The van der Waals surface area contributed by atoms with Crippen LogP contribution in [0.2, 0.25) is 0 Å². The fraction of sp³-hybridized carbons (Fsp3) is 0.357. The Kier molecular flexibility index (Phi) is 3.94. The Labute approximate surface area is 103 Å². The lowest BCUT2D eigenvalue weighted by atomic mass is 10.2. The molecule has 1 N–H and O–H groups in total. The van der Waals surface area contributed by atoms with Crippen LogP contribution >= 0.6 is 0 Å². The summed E-state index contributed by atoms with van der Waals surface area (Å²) >= 11 is 0. The normalized spacial score (nSPS) is 12.6. The minimum Gasteiger partial charge on any atom is -0.354 e. The van der Waals surface area contributed by atoms with E-state index in [9.17, 15) is 0 Å². The molecule has 0 saturated carbocycles. The van der Waals surface area contributed by atoms with Crippen LogP contribution in [0.1, 0.15) is 24.2 Å². The topological polar surface area (TPSA) is 29.9 Å². The first-order valence-corrected chi connectivity index (χ1v) is 6.02. The molecule has 0 fully saturated rings. The van der Waals surface area contributed by atoms with Crippen LogP contribution < -0.4 is 5.32 Å². The van der Waals surface area contributed by atoms with Gasteiger partial charge in [-0.1, -0.05) is 6.07 Å². The Hall–Kier alpha value is -1.61. The van der Waals surface area contributed by atoms with Crippen LogP contribution in [0.25, 0.3) is 0 Å². The molecule has 0 aliphatic heterocycles. The van der Waals surface area contributed by atoms with Crippen LogP contribution in [0.5, 0.6) is 0 Å². The summed E-state index contributed by atoms with van der Waals surface area (Å²) in [4.78, 5) is 4.33. The van der Waals surface area contributed by atoms with Crippen molar-refractivity contribution < 1.29 is 0 Å². The summed E-state index contributed by atoms with van der Waals surface area (Å²) < 4.78 is 2.22. The Morgan fingerprint density at radius 1 is 1.35 bits per heavy atom. The first-order valence-electron chi connectivity index (χ1n) is 6.02. The van der Waals surface area contributed by atoms with Crippen molar-refractivity contribution in [3.63, 3.8) is 0 Å². The minimum absolute atomic E-state index is 0.408. The van der Waals surface area contributed by atoms with Crippen molar-refractivity contribution >= 4 is 0 Å². The molecule has 0 amide bonds. The Morgan fingerprint density at radius 2 is 2.24 bits per heavy atom. The molecule has 90 valence electrons. The van der Waals surface area contributed by atoms with E-state index < -0.39 is 0 Å². The third-order valence-corrected chi connectivity index (χ3v) is 3.06. The average Bonchev–Trinajstić information content (AvgIpc) is 2.85. The monoisotopic (exact) mass is 229 g/mol.